The number of anilines is 1. The average molecular weight is 342 g/mol. The first kappa shape index (κ1) is 18.9. The van der Waals surface area contributed by atoms with Crippen molar-refractivity contribution < 1.29 is 19.1 Å². The van der Waals surface area contributed by atoms with Crippen molar-refractivity contribution in [2.24, 2.45) is 0 Å². The van der Waals surface area contributed by atoms with Crippen LogP contribution in [0.1, 0.15) is 32.6 Å². The highest BCUT2D eigenvalue weighted by molar-refractivity contribution is 6.17. The molecule has 0 fully saturated rings. The minimum absolute atomic E-state index is 0.181. The number of nitrogens with zero attached hydrogens (tertiary/aromatic N) is 2. The maximum atomic E-state index is 12.2. The van der Waals surface area contributed by atoms with Gasteiger partial charge in [0.2, 0.25) is 5.91 Å². The first-order valence-electron chi connectivity index (χ1n) is 7.33. The summed E-state index contributed by atoms with van der Waals surface area (Å²) in [6, 6.07) is 4.91. The van der Waals surface area contributed by atoms with Crippen molar-refractivity contribution in [2.45, 2.75) is 32.6 Å². The Morgan fingerprint density at radius 1 is 1.30 bits per heavy atom. The minimum atomic E-state index is -0.658. The Labute approximate surface area is 139 Å². The number of unbranched alkanes of at least 4 members (excludes halogenated alkanes) is 1. The Balaban J connectivity index is 2.75. The van der Waals surface area contributed by atoms with Crippen molar-refractivity contribution in [2.75, 3.05) is 17.5 Å². The van der Waals surface area contributed by atoms with E-state index in [4.69, 9.17) is 16.3 Å². The molecule has 1 aromatic rings. The zero-order valence-electron chi connectivity index (χ0n) is 13.0. The molecule has 0 aliphatic rings. The van der Waals surface area contributed by atoms with Crippen LogP contribution >= 0.6 is 11.6 Å². The van der Waals surface area contributed by atoms with E-state index in [2.05, 4.69) is 10.4 Å². The topological polar surface area (TPSA) is 88.6 Å². The molecule has 0 aliphatic carbocycles. The molecule has 0 aliphatic heterocycles. The Hall–Kier alpha value is -2.15. The number of esters is 1. The smallest absolute Gasteiger partial charge is 0.315 e. The molecule has 126 valence electrons. The number of carbonyl (C=O) groups excluding carboxylic acids is 3. The lowest BCUT2D eigenvalue weighted by molar-refractivity contribution is -0.146. The molecule has 0 aromatic carbocycles. The minimum Gasteiger partial charge on any atom is -0.466 e. The molecule has 1 aromatic heterocycles. The summed E-state index contributed by atoms with van der Waals surface area (Å²) in [7, 11) is 0. The number of rotatable bonds is 8. The summed E-state index contributed by atoms with van der Waals surface area (Å²) in [4.78, 5) is 39.7. The standard InChI is InChI=1S/C15H20ClN3O4/c1-2-23-15(22)11-14(21)19(12-7-4-6-10-17-12)18-13(20)8-3-5-9-16/h4,6-7,10H,2-3,5,8-9,11H2,1H3,(H,18,20). The predicted octanol–water partition coefficient (Wildman–Crippen LogP) is 1.81. The third-order valence-corrected chi connectivity index (χ3v) is 3.02. The Bertz CT molecular complexity index is 525. The van der Waals surface area contributed by atoms with Gasteiger partial charge in [0.25, 0.3) is 5.91 Å². The number of carbonyl (C=O) groups is 3. The molecule has 1 heterocycles. The lowest BCUT2D eigenvalue weighted by atomic mass is 10.2. The van der Waals surface area contributed by atoms with Crippen molar-refractivity contribution in [1.29, 1.82) is 0 Å². The van der Waals surface area contributed by atoms with Crippen LogP contribution < -0.4 is 10.4 Å². The van der Waals surface area contributed by atoms with E-state index < -0.39 is 18.3 Å². The van der Waals surface area contributed by atoms with Crippen molar-refractivity contribution in [3.63, 3.8) is 0 Å². The van der Waals surface area contributed by atoms with Gasteiger partial charge in [-0.2, -0.15) is 0 Å². The van der Waals surface area contributed by atoms with Crippen molar-refractivity contribution >= 4 is 35.2 Å². The maximum Gasteiger partial charge on any atom is 0.315 e. The average Bonchev–Trinajstić information content (AvgIpc) is 2.53. The first-order valence-corrected chi connectivity index (χ1v) is 7.87. The number of amides is 2. The highest BCUT2D eigenvalue weighted by Crippen LogP contribution is 2.09. The normalized spacial score (nSPS) is 10.0. The molecule has 8 heteroatoms. The van der Waals surface area contributed by atoms with E-state index in [1.165, 1.54) is 6.20 Å². The van der Waals surface area contributed by atoms with Gasteiger partial charge in [-0.25, -0.2) is 9.99 Å². The Kier molecular flexibility index (Phi) is 8.67. The summed E-state index contributed by atoms with van der Waals surface area (Å²) >= 11 is 5.57. The van der Waals surface area contributed by atoms with Gasteiger partial charge in [0, 0.05) is 18.5 Å². The van der Waals surface area contributed by atoms with Crippen LogP contribution in [0.4, 0.5) is 5.82 Å². The monoisotopic (exact) mass is 341 g/mol. The van der Waals surface area contributed by atoms with Gasteiger partial charge in [0.1, 0.15) is 6.42 Å². The SMILES string of the molecule is CCOC(=O)CC(=O)N(NC(=O)CCCCCl)c1ccccn1. The Morgan fingerprint density at radius 3 is 2.70 bits per heavy atom. The fourth-order valence-corrected chi connectivity index (χ4v) is 1.90. The molecule has 0 atom stereocenters. The second-order valence-corrected chi connectivity index (χ2v) is 4.96. The van der Waals surface area contributed by atoms with Crippen LogP contribution in [-0.4, -0.2) is 35.3 Å². The summed E-state index contributed by atoms with van der Waals surface area (Å²) in [5.74, 6) is -0.924. The van der Waals surface area contributed by atoms with E-state index in [1.54, 1.807) is 25.1 Å². The number of aromatic nitrogens is 1. The molecular formula is C15H20ClN3O4. The number of hydrogen-bond donors (Lipinski definition) is 1. The Morgan fingerprint density at radius 2 is 2.09 bits per heavy atom. The van der Waals surface area contributed by atoms with Crippen LogP contribution in [0.15, 0.2) is 24.4 Å². The van der Waals surface area contributed by atoms with E-state index in [0.29, 0.717) is 18.7 Å². The number of hydrazine groups is 1. The zero-order chi connectivity index (χ0) is 17.1. The fourth-order valence-electron chi connectivity index (χ4n) is 1.71. The van der Waals surface area contributed by atoms with Gasteiger partial charge in [-0.15, -0.1) is 11.6 Å². The number of pyridine rings is 1. The van der Waals surface area contributed by atoms with Crippen LogP contribution in [0.25, 0.3) is 0 Å². The third-order valence-electron chi connectivity index (χ3n) is 2.75. The van der Waals surface area contributed by atoms with Crippen molar-refractivity contribution in [1.82, 2.24) is 10.4 Å². The molecule has 23 heavy (non-hydrogen) atoms. The van der Waals surface area contributed by atoms with E-state index in [0.717, 1.165) is 5.01 Å². The third kappa shape index (κ3) is 7.10. The molecule has 1 N–H and O–H groups in total. The summed E-state index contributed by atoms with van der Waals surface area (Å²) in [6.45, 7) is 1.83. The molecule has 0 bridgehead atoms. The second kappa shape index (κ2) is 10.6. The number of nitrogens with one attached hydrogen (secondary N) is 1. The highest BCUT2D eigenvalue weighted by atomic mass is 35.5. The van der Waals surface area contributed by atoms with Gasteiger partial charge in [-0.1, -0.05) is 6.07 Å². The van der Waals surface area contributed by atoms with Crippen LogP contribution in [0.3, 0.4) is 0 Å². The molecule has 7 nitrogen and oxygen atoms in total. The number of halogens is 1. The fraction of sp³-hybridized carbons (Fsp3) is 0.467. The molecule has 0 radical (unpaired) electrons. The lowest BCUT2D eigenvalue weighted by Gasteiger charge is -2.22. The number of hydrogen-bond acceptors (Lipinski definition) is 5. The van der Waals surface area contributed by atoms with Crippen molar-refractivity contribution in [3.8, 4) is 0 Å². The molecule has 2 amide bonds. The van der Waals surface area contributed by atoms with Gasteiger partial charge in [0.05, 0.1) is 6.61 Å². The van der Waals surface area contributed by atoms with Gasteiger partial charge < -0.3 is 4.74 Å². The summed E-state index contributed by atoms with van der Waals surface area (Å²) < 4.78 is 4.75. The van der Waals surface area contributed by atoms with Gasteiger partial charge in [0.15, 0.2) is 5.82 Å². The molecule has 0 unspecified atom stereocenters. The number of alkyl halides is 1. The molecular weight excluding hydrogens is 322 g/mol. The molecule has 0 saturated carbocycles. The molecule has 0 spiro atoms. The predicted molar refractivity (Wildman–Crippen MR) is 85.7 cm³/mol. The van der Waals surface area contributed by atoms with E-state index in [9.17, 15) is 14.4 Å². The van der Waals surface area contributed by atoms with Crippen LogP contribution in [0.2, 0.25) is 0 Å². The molecule has 0 saturated heterocycles. The quantitative estimate of drug-likeness (QED) is 0.256. The van der Waals surface area contributed by atoms with Crippen LogP contribution in [0.5, 0.6) is 0 Å². The number of ether oxygens (including phenoxy) is 1. The zero-order valence-corrected chi connectivity index (χ0v) is 13.7. The molecule has 1 rings (SSSR count). The summed E-state index contributed by atoms with van der Waals surface area (Å²) in [6.07, 6.45) is 2.54. The lowest BCUT2D eigenvalue weighted by Crippen LogP contribution is -2.47. The van der Waals surface area contributed by atoms with Gasteiger partial charge >= 0.3 is 5.97 Å². The highest BCUT2D eigenvalue weighted by Gasteiger charge is 2.22. The van der Waals surface area contributed by atoms with E-state index >= 15 is 0 Å². The van der Waals surface area contributed by atoms with Crippen LogP contribution in [-0.2, 0) is 19.1 Å². The maximum absolute atomic E-state index is 12.2. The largest absolute Gasteiger partial charge is 0.466 e. The van der Waals surface area contributed by atoms with Gasteiger partial charge in [-0.05, 0) is 31.9 Å². The first-order chi connectivity index (χ1) is 11.1. The summed E-state index contributed by atoms with van der Waals surface area (Å²) in [5.41, 5.74) is 2.47. The van der Waals surface area contributed by atoms with Crippen molar-refractivity contribution in [3.05, 3.63) is 24.4 Å². The van der Waals surface area contributed by atoms with Crippen LogP contribution in [0, 0.1) is 0 Å². The second-order valence-electron chi connectivity index (χ2n) is 4.58. The van der Waals surface area contributed by atoms with Gasteiger partial charge in [-0.3, -0.25) is 19.8 Å². The van der Waals surface area contributed by atoms with E-state index in [-0.39, 0.29) is 24.8 Å². The summed E-state index contributed by atoms with van der Waals surface area (Å²) in [5, 5.41) is 0.972. The van der Waals surface area contributed by atoms with E-state index in [1.807, 2.05) is 0 Å².